The number of aromatic amines is 1. The molecule has 0 unspecified atom stereocenters. The zero-order valence-electron chi connectivity index (χ0n) is 10.6. The number of hydrogen-bond donors (Lipinski definition) is 1. The number of ether oxygens (including phenoxy) is 1. The van der Waals surface area contributed by atoms with Crippen LogP contribution in [0.25, 0.3) is 11.0 Å². The predicted octanol–water partition coefficient (Wildman–Crippen LogP) is 3.86. The summed E-state index contributed by atoms with van der Waals surface area (Å²) in [5.74, 6) is 2.66. The first-order valence-electron chi connectivity index (χ1n) is 6.05. The molecule has 1 N–H and O–H groups in total. The molecular formula is C15H14N2OS. The van der Waals surface area contributed by atoms with Gasteiger partial charge in [0.25, 0.3) is 0 Å². The van der Waals surface area contributed by atoms with E-state index in [1.54, 1.807) is 18.9 Å². The van der Waals surface area contributed by atoms with Crippen molar-refractivity contribution >= 4 is 22.8 Å². The highest BCUT2D eigenvalue weighted by atomic mass is 32.2. The molecule has 0 aliphatic heterocycles. The minimum absolute atomic E-state index is 0.834. The maximum Gasteiger partial charge on any atom is 0.121 e. The number of hydrogen-bond acceptors (Lipinski definition) is 3. The molecule has 3 aromatic rings. The number of nitrogens with one attached hydrogen (secondary N) is 1. The molecule has 2 aromatic carbocycles. The first kappa shape index (κ1) is 12.1. The van der Waals surface area contributed by atoms with Gasteiger partial charge >= 0.3 is 0 Å². The molecule has 4 heteroatoms. The minimum Gasteiger partial charge on any atom is -0.497 e. The van der Waals surface area contributed by atoms with Crippen LogP contribution in [-0.2, 0) is 5.75 Å². The summed E-state index contributed by atoms with van der Waals surface area (Å²) in [5.41, 5.74) is 1.99. The van der Waals surface area contributed by atoms with Gasteiger partial charge in [-0.15, -0.1) is 11.8 Å². The zero-order valence-corrected chi connectivity index (χ0v) is 11.4. The van der Waals surface area contributed by atoms with Gasteiger partial charge in [-0.1, -0.05) is 18.2 Å². The predicted molar refractivity (Wildman–Crippen MR) is 78.6 cm³/mol. The van der Waals surface area contributed by atoms with Gasteiger partial charge in [0.05, 0.1) is 23.9 Å². The normalized spacial score (nSPS) is 10.8. The van der Waals surface area contributed by atoms with Crippen LogP contribution in [0.15, 0.2) is 53.4 Å². The molecule has 1 heterocycles. The van der Waals surface area contributed by atoms with E-state index in [1.165, 1.54) is 4.90 Å². The number of methoxy groups -OCH3 is 1. The van der Waals surface area contributed by atoms with Crippen LogP contribution in [0.5, 0.6) is 5.75 Å². The summed E-state index contributed by atoms with van der Waals surface area (Å²) in [6, 6.07) is 16.2. The van der Waals surface area contributed by atoms with E-state index in [0.29, 0.717) is 0 Å². The summed E-state index contributed by atoms with van der Waals surface area (Å²) in [4.78, 5) is 9.15. The van der Waals surface area contributed by atoms with Crippen LogP contribution in [-0.4, -0.2) is 17.1 Å². The highest BCUT2D eigenvalue weighted by molar-refractivity contribution is 7.98. The fourth-order valence-corrected chi connectivity index (χ4v) is 2.70. The molecule has 3 nitrogen and oxygen atoms in total. The average Bonchev–Trinajstić information content (AvgIpc) is 2.88. The molecule has 3 rings (SSSR count). The van der Waals surface area contributed by atoms with E-state index in [9.17, 15) is 0 Å². The lowest BCUT2D eigenvalue weighted by molar-refractivity contribution is 0.415. The van der Waals surface area contributed by atoms with Crippen molar-refractivity contribution in [3.05, 3.63) is 54.4 Å². The van der Waals surface area contributed by atoms with Crippen LogP contribution >= 0.6 is 11.8 Å². The van der Waals surface area contributed by atoms with Crippen molar-refractivity contribution in [1.82, 2.24) is 9.97 Å². The molecule has 19 heavy (non-hydrogen) atoms. The van der Waals surface area contributed by atoms with Gasteiger partial charge in [0, 0.05) is 11.0 Å². The zero-order chi connectivity index (χ0) is 13.1. The number of thioether (sulfide) groups is 1. The van der Waals surface area contributed by atoms with Crippen molar-refractivity contribution in [3.8, 4) is 5.75 Å². The Bertz CT molecular complexity index is 679. The number of nitrogens with zero attached hydrogens (tertiary/aromatic N) is 1. The van der Waals surface area contributed by atoms with Crippen LogP contribution in [0.1, 0.15) is 5.82 Å². The molecule has 0 atom stereocenters. The standard InChI is InChI=1S/C15H14N2OS/c1-18-11-7-8-13-14(9-11)17-15(16-13)10-19-12-5-3-2-4-6-12/h2-9H,10H2,1H3,(H,16,17). The Balaban J connectivity index is 1.78. The first-order chi connectivity index (χ1) is 9.35. The fourth-order valence-electron chi connectivity index (χ4n) is 1.91. The number of rotatable bonds is 4. The molecule has 96 valence electrons. The van der Waals surface area contributed by atoms with E-state index >= 15 is 0 Å². The Labute approximate surface area is 116 Å². The van der Waals surface area contributed by atoms with Gasteiger partial charge < -0.3 is 9.72 Å². The van der Waals surface area contributed by atoms with Gasteiger partial charge in [0.1, 0.15) is 11.6 Å². The Morgan fingerprint density at radius 3 is 2.79 bits per heavy atom. The number of benzene rings is 2. The summed E-state index contributed by atoms with van der Waals surface area (Å²) in [6.07, 6.45) is 0. The second-order valence-corrected chi connectivity index (χ2v) is 5.22. The average molecular weight is 270 g/mol. The van der Waals surface area contributed by atoms with Crippen molar-refractivity contribution in [3.63, 3.8) is 0 Å². The lowest BCUT2D eigenvalue weighted by atomic mass is 10.3. The summed E-state index contributed by atoms with van der Waals surface area (Å²) >= 11 is 1.77. The van der Waals surface area contributed by atoms with Gasteiger partial charge in [0.15, 0.2) is 0 Å². The summed E-state index contributed by atoms with van der Waals surface area (Å²) in [7, 11) is 1.67. The Morgan fingerprint density at radius 1 is 1.16 bits per heavy atom. The van der Waals surface area contributed by atoms with Crippen molar-refractivity contribution in [2.75, 3.05) is 7.11 Å². The second kappa shape index (κ2) is 5.36. The van der Waals surface area contributed by atoms with E-state index in [-0.39, 0.29) is 0 Å². The Kier molecular flexibility index (Phi) is 3.42. The third kappa shape index (κ3) is 2.74. The van der Waals surface area contributed by atoms with Crippen molar-refractivity contribution in [2.24, 2.45) is 0 Å². The number of aromatic nitrogens is 2. The minimum atomic E-state index is 0.834. The van der Waals surface area contributed by atoms with Crippen LogP contribution in [0.4, 0.5) is 0 Å². The summed E-state index contributed by atoms with van der Waals surface area (Å²) in [5, 5.41) is 0. The van der Waals surface area contributed by atoms with Crippen molar-refractivity contribution in [1.29, 1.82) is 0 Å². The highest BCUT2D eigenvalue weighted by Gasteiger charge is 2.04. The maximum atomic E-state index is 5.21. The fraction of sp³-hybridized carbons (Fsp3) is 0.133. The number of H-pyrrole nitrogens is 1. The molecule has 1 aromatic heterocycles. The van der Waals surface area contributed by atoms with E-state index in [0.717, 1.165) is 28.4 Å². The molecule has 0 bridgehead atoms. The largest absolute Gasteiger partial charge is 0.497 e. The topological polar surface area (TPSA) is 37.9 Å². The first-order valence-corrected chi connectivity index (χ1v) is 7.04. The quantitative estimate of drug-likeness (QED) is 0.731. The number of imidazole rings is 1. The van der Waals surface area contributed by atoms with Crippen molar-refractivity contribution in [2.45, 2.75) is 10.6 Å². The van der Waals surface area contributed by atoms with Crippen LogP contribution in [0.3, 0.4) is 0 Å². The summed E-state index contributed by atoms with van der Waals surface area (Å²) < 4.78 is 5.21. The maximum absolute atomic E-state index is 5.21. The van der Waals surface area contributed by atoms with Crippen LogP contribution in [0, 0.1) is 0 Å². The Hall–Kier alpha value is -1.94. The molecule has 0 fully saturated rings. The number of fused-ring (bicyclic) bond motifs is 1. The third-order valence-corrected chi connectivity index (χ3v) is 3.88. The van der Waals surface area contributed by atoms with E-state index in [4.69, 9.17) is 4.74 Å². The van der Waals surface area contributed by atoms with Crippen LogP contribution < -0.4 is 4.74 Å². The van der Waals surface area contributed by atoms with Gasteiger partial charge in [-0.3, -0.25) is 0 Å². The van der Waals surface area contributed by atoms with Gasteiger partial charge in [-0.05, 0) is 24.3 Å². The van der Waals surface area contributed by atoms with Crippen molar-refractivity contribution < 1.29 is 4.74 Å². The monoisotopic (exact) mass is 270 g/mol. The summed E-state index contributed by atoms with van der Waals surface area (Å²) in [6.45, 7) is 0. The molecule has 0 amide bonds. The van der Waals surface area contributed by atoms with E-state index in [2.05, 4.69) is 22.1 Å². The third-order valence-electron chi connectivity index (χ3n) is 2.86. The molecule has 0 spiro atoms. The second-order valence-electron chi connectivity index (χ2n) is 4.17. The van der Waals surface area contributed by atoms with Gasteiger partial charge in [-0.2, -0.15) is 0 Å². The molecular weight excluding hydrogens is 256 g/mol. The molecule has 0 saturated heterocycles. The molecule has 0 saturated carbocycles. The smallest absolute Gasteiger partial charge is 0.121 e. The van der Waals surface area contributed by atoms with Gasteiger partial charge in [-0.25, -0.2) is 4.98 Å². The van der Waals surface area contributed by atoms with E-state index in [1.807, 2.05) is 36.4 Å². The molecule has 0 aliphatic rings. The van der Waals surface area contributed by atoms with Crippen LogP contribution in [0.2, 0.25) is 0 Å². The molecule has 0 aliphatic carbocycles. The Morgan fingerprint density at radius 2 is 2.00 bits per heavy atom. The molecule has 0 radical (unpaired) electrons. The highest BCUT2D eigenvalue weighted by Crippen LogP contribution is 2.24. The SMILES string of the molecule is COc1ccc2nc(CSc3ccccc3)[nH]c2c1. The lowest BCUT2D eigenvalue weighted by Crippen LogP contribution is -1.82. The lowest BCUT2D eigenvalue weighted by Gasteiger charge is -1.97. The van der Waals surface area contributed by atoms with E-state index < -0.39 is 0 Å². The van der Waals surface area contributed by atoms with Gasteiger partial charge in [0.2, 0.25) is 0 Å².